The Hall–Kier alpha value is -1.40. The van der Waals surface area contributed by atoms with Crippen LogP contribution in [0.1, 0.15) is 61.4 Å². The normalized spacial score (nSPS) is 16.8. The number of carbonyl (C=O) groups is 1. The van der Waals surface area contributed by atoms with Gasteiger partial charge in [0.25, 0.3) is 5.91 Å². The molecule has 1 aliphatic carbocycles. The third-order valence-corrected chi connectivity index (χ3v) is 5.83. The fraction of sp³-hybridized carbons (Fsp3) is 0.588. The Labute approximate surface area is 138 Å². The van der Waals surface area contributed by atoms with Gasteiger partial charge in [0, 0.05) is 18.2 Å². The van der Waals surface area contributed by atoms with Gasteiger partial charge in [-0.2, -0.15) is 0 Å². The summed E-state index contributed by atoms with van der Waals surface area (Å²) in [6, 6.07) is 4.89. The van der Waals surface area contributed by atoms with Crippen LogP contribution in [0.15, 0.2) is 23.1 Å². The molecule has 2 rings (SSSR count). The highest BCUT2D eigenvalue weighted by molar-refractivity contribution is 7.89. The second kappa shape index (κ2) is 7.93. The maximum absolute atomic E-state index is 12.6. The average molecular weight is 338 g/mol. The number of hydrogen-bond acceptors (Lipinski definition) is 3. The van der Waals surface area contributed by atoms with Gasteiger partial charge in [0.1, 0.15) is 0 Å². The monoisotopic (exact) mass is 338 g/mol. The minimum Gasteiger partial charge on any atom is -0.349 e. The first-order valence-electron chi connectivity index (χ1n) is 8.35. The van der Waals surface area contributed by atoms with E-state index in [0.717, 1.165) is 31.2 Å². The maximum Gasteiger partial charge on any atom is 0.251 e. The molecule has 1 aromatic carbocycles. The van der Waals surface area contributed by atoms with Crippen molar-refractivity contribution in [3.63, 3.8) is 0 Å². The minimum atomic E-state index is -3.55. The van der Waals surface area contributed by atoms with Crippen LogP contribution >= 0.6 is 0 Å². The number of carbonyl (C=O) groups excluding carboxylic acids is 1. The van der Waals surface area contributed by atoms with Gasteiger partial charge in [0.2, 0.25) is 10.0 Å². The summed E-state index contributed by atoms with van der Waals surface area (Å²) in [7, 11) is -3.55. The van der Waals surface area contributed by atoms with Crippen LogP contribution in [0.25, 0.3) is 0 Å². The summed E-state index contributed by atoms with van der Waals surface area (Å²) >= 11 is 0. The largest absolute Gasteiger partial charge is 0.349 e. The molecule has 0 saturated heterocycles. The molecular weight excluding hydrogens is 312 g/mol. The number of sulfonamides is 1. The lowest BCUT2D eigenvalue weighted by molar-refractivity contribution is 0.0932. The highest BCUT2D eigenvalue weighted by atomic mass is 32.2. The molecule has 23 heavy (non-hydrogen) atoms. The van der Waals surface area contributed by atoms with E-state index in [4.69, 9.17) is 0 Å². The van der Waals surface area contributed by atoms with Gasteiger partial charge in [-0.05, 0) is 37.5 Å². The molecule has 0 unspecified atom stereocenters. The average Bonchev–Trinajstić information content (AvgIpc) is 2.76. The number of rotatable bonds is 5. The molecule has 0 spiro atoms. The number of benzene rings is 1. The summed E-state index contributed by atoms with van der Waals surface area (Å²) in [4.78, 5) is 12.7. The molecule has 1 amide bonds. The first-order chi connectivity index (χ1) is 10.9. The summed E-state index contributed by atoms with van der Waals surface area (Å²) in [5.41, 5.74) is 1.22. The van der Waals surface area contributed by atoms with E-state index in [1.165, 1.54) is 25.0 Å². The standard InChI is InChI=1S/C17H26N2O3S/c1-3-18-23(21,22)15-11-10-13(2)16(12-15)17(20)19-14-8-6-4-5-7-9-14/h10-12,14,18H,3-9H2,1-2H3,(H,19,20). The van der Waals surface area contributed by atoms with Crippen molar-refractivity contribution in [2.24, 2.45) is 0 Å². The molecule has 128 valence electrons. The van der Waals surface area contributed by atoms with Gasteiger partial charge in [-0.3, -0.25) is 4.79 Å². The first-order valence-corrected chi connectivity index (χ1v) is 9.83. The summed E-state index contributed by atoms with van der Waals surface area (Å²) in [5.74, 6) is -0.178. The van der Waals surface area contributed by atoms with E-state index in [0.29, 0.717) is 12.1 Å². The fourth-order valence-corrected chi connectivity index (χ4v) is 4.04. The van der Waals surface area contributed by atoms with Crippen LogP contribution in [-0.4, -0.2) is 26.9 Å². The third-order valence-electron chi connectivity index (χ3n) is 4.29. The van der Waals surface area contributed by atoms with Crippen molar-refractivity contribution in [3.05, 3.63) is 29.3 Å². The number of aryl methyl sites for hydroxylation is 1. The van der Waals surface area contributed by atoms with Crippen molar-refractivity contribution in [1.82, 2.24) is 10.0 Å². The Kier molecular flexibility index (Phi) is 6.18. The van der Waals surface area contributed by atoms with E-state index in [9.17, 15) is 13.2 Å². The highest BCUT2D eigenvalue weighted by Gasteiger charge is 2.20. The predicted octanol–water partition coefficient (Wildman–Crippen LogP) is 2.75. The van der Waals surface area contributed by atoms with Crippen molar-refractivity contribution in [2.45, 2.75) is 63.3 Å². The number of hydrogen-bond donors (Lipinski definition) is 2. The molecule has 1 aliphatic rings. The molecular formula is C17H26N2O3S. The second-order valence-electron chi connectivity index (χ2n) is 6.14. The highest BCUT2D eigenvalue weighted by Crippen LogP contribution is 2.19. The van der Waals surface area contributed by atoms with Crippen molar-refractivity contribution in [2.75, 3.05) is 6.54 Å². The fourth-order valence-electron chi connectivity index (χ4n) is 2.97. The van der Waals surface area contributed by atoms with Crippen molar-refractivity contribution < 1.29 is 13.2 Å². The number of nitrogens with one attached hydrogen (secondary N) is 2. The lowest BCUT2D eigenvalue weighted by Gasteiger charge is -2.17. The van der Waals surface area contributed by atoms with Gasteiger partial charge >= 0.3 is 0 Å². The van der Waals surface area contributed by atoms with Crippen LogP contribution in [-0.2, 0) is 10.0 Å². The molecule has 0 aliphatic heterocycles. The SMILES string of the molecule is CCNS(=O)(=O)c1ccc(C)c(C(=O)NC2CCCCCC2)c1. The van der Waals surface area contributed by atoms with Crippen LogP contribution in [0.3, 0.4) is 0 Å². The summed E-state index contributed by atoms with van der Waals surface area (Å²) in [6.07, 6.45) is 6.72. The first kappa shape index (κ1) is 17.9. The molecule has 1 saturated carbocycles. The molecule has 0 radical (unpaired) electrons. The quantitative estimate of drug-likeness (QED) is 0.811. The summed E-state index contributed by atoms with van der Waals surface area (Å²) in [6.45, 7) is 3.87. The topological polar surface area (TPSA) is 75.3 Å². The second-order valence-corrected chi connectivity index (χ2v) is 7.91. The smallest absolute Gasteiger partial charge is 0.251 e. The maximum atomic E-state index is 12.6. The van der Waals surface area contributed by atoms with E-state index < -0.39 is 10.0 Å². The van der Waals surface area contributed by atoms with Gasteiger partial charge in [-0.15, -0.1) is 0 Å². The van der Waals surface area contributed by atoms with Crippen molar-refractivity contribution in [1.29, 1.82) is 0 Å². The summed E-state index contributed by atoms with van der Waals surface area (Å²) in [5, 5.41) is 3.07. The molecule has 1 fully saturated rings. The van der Waals surface area contributed by atoms with E-state index in [-0.39, 0.29) is 16.8 Å². The number of amides is 1. The zero-order valence-corrected chi connectivity index (χ0v) is 14.7. The molecule has 2 N–H and O–H groups in total. The molecule has 5 nitrogen and oxygen atoms in total. The zero-order chi connectivity index (χ0) is 16.9. The molecule has 1 aromatic rings. The third kappa shape index (κ3) is 4.78. The Morgan fingerprint density at radius 2 is 1.83 bits per heavy atom. The van der Waals surface area contributed by atoms with Crippen LogP contribution in [0.5, 0.6) is 0 Å². The Morgan fingerprint density at radius 3 is 2.43 bits per heavy atom. The van der Waals surface area contributed by atoms with Gasteiger partial charge in [0.15, 0.2) is 0 Å². The molecule has 0 bridgehead atoms. The molecule has 0 heterocycles. The van der Waals surface area contributed by atoms with Crippen molar-refractivity contribution >= 4 is 15.9 Å². The van der Waals surface area contributed by atoms with Gasteiger partial charge < -0.3 is 5.32 Å². The van der Waals surface area contributed by atoms with Gasteiger partial charge in [-0.1, -0.05) is 38.7 Å². The lowest BCUT2D eigenvalue weighted by atomic mass is 10.1. The molecule has 6 heteroatoms. The Bertz CT molecular complexity index is 648. The van der Waals surface area contributed by atoms with Crippen LogP contribution < -0.4 is 10.0 Å². The van der Waals surface area contributed by atoms with E-state index in [1.807, 2.05) is 6.92 Å². The van der Waals surface area contributed by atoms with Gasteiger partial charge in [-0.25, -0.2) is 13.1 Å². The Balaban J connectivity index is 2.19. The van der Waals surface area contributed by atoms with E-state index in [1.54, 1.807) is 13.0 Å². The van der Waals surface area contributed by atoms with E-state index >= 15 is 0 Å². The van der Waals surface area contributed by atoms with Crippen LogP contribution in [0, 0.1) is 6.92 Å². The van der Waals surface area contributed by atoms with E-state index in [2.05, 4.69) is 10.0 Å². The van der Waals surface area contributed by atoms with Crippen LogP contribution in [0.4, 0.5) is 0 Å². The van der Waals surface area contributed by atoms with Crippen molar-refractivity contribution in [3.8, 4) is 0 Å². The molecule has 0 atom stereocenters. The predicted molar refractivity (Wildman–Crippen MR) is 91.0 cm³/mol. The lowest BCUT2D eigenvalue weighted by Crippen LogP contribution is -2.35. The van der Waals surface area contributed by atoms with Gasteiger partial charge in [0.05, 0.1) is 4.90 Å². The summed E-state index contributed by atoms with van der Waals surface area (Å²) < 4.78 is 26.7. The van der Waals surface area contributed by atoms with Crippen LogP contribution in [0.2, 0.25) is 0 Å². The zero-order valence-electron chi connectivity index (χ0n) is 13.9. The minimum absolute atomic E-state index is 0.135. The Morgan fingerprint density at radius 1 is 1.17 bits per heavy atom. The molecule has 0 aromatic heterocycles.